The summed E-state index contributed by atoms with van der Waals surface area (Å²) >= 11 is 11.8. The number of halogens is 2. The first-order chi connectivity index (χ1) is 9.95. The van der Waals surface area contributed by atoms with Gasteiger partial charge in [0.25, 0.3) is 0 Å². The molecule has 21 heavy (non-hydrogen) atoms. The van der Waals surface area contributed by atoms with Crippen molar-refractivity contribution in [2.75, 3.05) is 10.6 Å². The molecule has 0 bridgehead atoms. The van der Waals surface area contributed by atoms with Gasteiger partial charge in [-0.15, -0.1) is 0 Å². The number of hydrogen-bond acceptors (Lipinski definition) is 2. The van der Waals surface area contributed by atoms with E-state index in [0.717, 1.165) is 0 Å². The standard InChI is InChI=1S/C15H12Cl2N2O2/c1-9(20)10-3-2-4-12(7-10)18-15(21)19-14-8-11(16)5-6-13(14)17/h2-8H,1H3,(H2,18,19,21). The van der Waals surface area contributed by atoms with Gasteiger partial charge in [-0.1, -0.05) is 35.3 Å². The van der Waals surface area contributed by atoms with Gasteiger partial charge in [0.1, 0.15) is 0 Å². The molecule has 2 aromatic rings. The molecule has 0 fully saturated rings. The first kappa shape index (κ1) is 15.4. The van der Waals surface area contributed by atoms with Gasteiger partial charge in [-0.2, -0.15) is 0 Å². The number of nitrogens with one attached hydrogen (secondary N) is 2. The molecule has 2 aromatic carbocycles. The zero-order valence-corrected chi connectivity index (χ0v) is 12.6. The molecule has 108 valence electrons. The second kappa shape index (κ2) is 6.61. The Morgan fingerprint density at radius 2 is 1.76 bits per heavy atom. The summed E-state index contributed by atoms with van der Waals surface area (Å²) in [6.45, 7) is 1.46. The summed E-state index contributed by atoms with van der Waals surface area (Å²) in [6, 6.07) is 11.0. The molecule has 6 heteroatoms. The molecule has 0 aliphatic heterocycles. The van der Waals surface area contributed by atoms with Crippen LogP contribution in [0.25, 0.3) is 0 Å². The van der Waals surface area contributed by atoms with Crippen LogP contribution in [0.4, 0.5) is 16.2 Å². The molecule has 0 heterocycles. The van der Waals surface area contributed by atoms with E-state index in [1.54, 1.807) is 42.5 Å². The predicted molar refractivity (Wildman–Crippen MR) is 85.5 cm³/mol. The Balaban J connectivity index is 2.10. The van der Waals surface area contributed by atoms with Gasteiger partial charge in [-0.3, -0.25) is 4.79 Å². The van der Waals surface area contributed by atoms with Gasteiger partial charge in [0.05, 0.1) is 10.7 Å². The van der Waals surface area contributed by atoms with Crippen LogP contribution in [0.15, 0.2) is 42.5 Å². The maximum Gasteiger partial charge on any atom is 0.323 e. The summed E-state index contributed by atoms with van der Waals surface area (Å²) in [5.41, 5.74) is 1.44. The normalized spacial score (nSPS) is 10.0. The maximum atomic E-state index is 11.9. The minimum absolute atomic E-state index is 0.0723. The van der Waals surface area contributed by atoms with Crippen molar-refractivity contribution >= 4 is 46.4 Å². The summed E-state index contributed by atoms with van der Waals surface area (Å²) in [5, 5.41) is 6.07. The Morgan fingerprint density at radius 1 is 1.00 bits per heavy atom. The highest BCUT2D eigenvalue weighted by atomic mass is 35.5. The molecular weight excluding hydrogens is 311 g/mol. The average molecular weight is 323 g/mol. The summed E-state index contributed by atoms with van der Waals surface area (Å²) in [4.78, 5) is 23.2. The Kier molecular flexibility index (Phi) is 4.83. The van der Waals surface area contributed by atoms with E-state index in [9.17, 15) is 9.59 Å². The van der Waals surface area contributed by atoms with E-state index in [4.69, 9.17) is 23.2 Å². The lowest BCUT2D eigenvalue weighted by molar-refractivity contribution is 0.101. The number of urea groups is 1. The summed E-state index contributed by atoms with van der Waals surface area (Å²) in [7, 11) is 0. The fraction of sp³-hybridized carbons (Fsp3) is 0.0667. The molecule has 0 radical (unpaired) electrons. The number of carbonyl (C=O) groups excluding carboxylic acids is 2. The van der Waals surface area contributed by atoms with Crippen molar-refractivity contribution in [2.45, 2.75) is 6.92 Å². The number of hydrogen-bond donors (Lipinski definition) is 2. The first-order valence-corrected chi connectivity index (χ1v) is 6.85. The van der Waals surface area contributed by atoms with Gasteiger partial charge >= 0.3 is 6.03 Å². The molecule has 0 unspecified atom stereocenters. The molecule has 2 rings (SSSR count). The number of benzene rings is 2. The zero-order chi connectivity index (χ0) is 15.4. The lowest BCUT2D eigenvalue weighted by Gasteiger charge is -2.10. The van der Waals surface area contributed by atoms with Gasteiger partial charge in [0.2, 0.25) is 0 Å². The molecule has 0 saturated carbocycles. The van der Waals surface area contributed by atoms with E-state index in [-0.39, 0.29) is 5.78 Å². The largest absolute Gasteiger partial charge is 0.323 e. The van der Waals surface area contributed by atoms with E-state index >= 15 is 0 Å². The van der Waals surface area contributed by atoms with Gasteiger partial charge in [0.15, 0.2) is 5.78 Å². The molecule has 4 nitrogen and oxygen atoms in total. The fourth-order valence-corrected chi connectivity index (χ4v) is 2.03. The van der Waals surface area contributed by atoms with Crippen LogP contribution < -0.4 is 10.6 Å². The highest BCUT2D eigenvalue weighted by Crippen LogP contribution is 2.25. The van der Waals surface area contributed by atoms with Gasteiger partial charge < -0.3 is 10.6 Å². The molecule has 0 atom stereocenters. The predicted octanol–water partition coefficient (Wildman–Crippen LogP) is 4.84. The van der Waals surface area contributed by atoms with E-state index in [1.165, 1.54) is 6.92 Å². The van der Waals surface area contributed by atoms with Crippen molar-refractivity contribution in [1.29, 1.82) is 0 Å². The Bertz CT molecular complexity index is 702. The smallest absolute Gasteiger partial charge is 0.308 e. The van der Waals surface area contributed by atoms with Crippen LogP contribution in [-0.2, 0) is 0 Å². The fourth-order valence-electron chi connectivity index (χ4n) is 1.69. The van der Waals surface area contributed by atoms with Crippen LogP contribution in [0, 0.1) is 0 Å². The number of amides is 2. The van der Waals surface area contributed by atoms with Crippen LogP contribution in [-0.4, -0.2) is 11.8 Å². The van der Waals surface area contributed by atoms with E-state index in [0.29, 0.717) is 27.0 Å². The second-order valence-corrected chi connectivity index (χ2v) is 5.18. The summed E-state index contributed by atoms with van der Waals surface area (Å²) in [5.74, 6) is -0.0723. The van der Waals surface area contributed by atoms with E-state index in [1.807, 2.05) is 0 Å². The molecule has 0 spiro atoms. The Labute approximate surface area is 132 Å². The quantitative estimate of drug-likeness (QED) is 0.794. The highest BCUT2D eigenvalue weighted by molar-refractivity contribution is 6.35. The average Bonchev–Trinajstić information content (AvgIpc) is 2.43. The summed E-state index contributed by atoms with van der Waals surface area (Å²) in [6.07, 6.45) is 0. The second-order valence-electron chi connectivity index (χ2n) is 4.34. The molecule has 2 amide bonds. The van der Waals surface area contributed by atoms with Crippen molar-refractivity contribution in [3.05, 3.63) is 58.1 Å². The third-order valence-electron chi connectivity index (χ3n) is 2.70. The Morgan fingerprint density at radius 3 is 2.48 bits per heavy atom. The van der Waals surface area contributed by atoms with Crippen LogP contribution in [0.1, 0.15) is 17.3 Å². The third kappa shape index (κ3) is 4.21. The van der Waals surface area contributed by atoms with Crippen LogP contribution in [0.2, 0.25) is 10.0 Å². The SMILES string of the molecule is CC(=O)c1cccc(NC(=O)Nc2cc(Cl)ccc2Cl)c1. The number of anilines is 2. The minimum Gasteiger partial charge on any atom is -0.308 e. The molecule has 2 N–H and O–H groups in total. The van der Waals surface area contributed by atoms with Crippen molar-refractivity contribution in [1.82, 2.24) is 0 Å². The first-order valence-electron chi connectivity index (χ1n) is 6.10. The van der Waals surface area contributed by atoms with Gasteiger partial charge in [-0.05, 0) is 37.3 Å². The summed E-state index contributed by atoms with van der Waals surface area (Å²) < 4.78 is 0. The lowest BCUT2D eigenvalue weighted by Crippen LogP contribution is -2.19. The molecule has 0 aliphatic rings. The monoisotopic (exact) mass is 322 g/mol. The molecular formula is C15H12Cl2N2O2. The molecule has 0 saturated heterocycles. The number of carbonyl (C=O) groups is 2. The maximum absolute atomic E-state index is 11.9. The molecule has 0 aromatic heterocycles. The Hall–Kier alpha value is -2.04. The lowest BCUT2D eigenvalue weighted by atomic mass is 10.1. The van der Waals surface area contributed by atoms with Crippen LogP contribution in [0.3, 0.4) is 0 Å². The van der Waals surface area contributed by atoms with Crippen LogP contribution >= 0.6 is 23.2 Å². The minimum atomic E-state index is -0.472. The highest BCUT2D eigenvalue weighted by Gasteiger charge is 2.08. The van der Waals surface area contributed by atoms with Gasteiger partial charge in [-0.25, -0.2) is 4.79 Å². The van der Waals surface area contributed by atoms with E-state index in [2.05, 4.69) is 10.6 Å². The zero-order valence-electron chi connectivity index (χ0n) is 11.1. The van der Waals surface area contributed by atoms with Crippen molar-refractivity contribution < 1.29 is 9.59 Å². The van der Waals surface area contributed by atoms with E-state index < -0.39 is 6.03 Å². The third-order valence-corrected chi connectivity index (χ3v) is 3.27. The molecule has 0 aliphatic carbocycles. The van der Waals surface area contributed by atoms with Gasteiger partial charge in [0, 0.05) is 16.3 Å². The topological polar surface area (TPSA) is 58.2 Å². The number of rotatable bonds is 3. The van der Waals surface area contributed by atoms with Crippen molar-refractivity contribution in [2.24, 2.45) is 0 Å². The van der Waals surface area contributed by atoms with Crippen molar-refractivity contribution in [3.8, 4) is 0 Å². The number of ketones is 1. The van der Waals surface area contributed by atoms with Crippen molar-refractivity contribution in [3.63, 3.8) is 0 Å². The number of Topliss-reactive ketones (excluding diaryl/α,β-unsaturated/α-hetero) is 1. The van der Waals surface area contributed by atoms with Crippen LogP contribution in [0.5, 0.6) is 0 Å².